The molecule has 0 saturated carbocycles. The molecule has 0 amide bonds. The predicted octanol–water partition coefficient (Wildman–Crippen LogP) is 3.93. The van der Waals surface area contributed by atoms with Crippen LogP contribution >= 0.6 is 0 Å². The van der Waals surface area contributed by atoms with Gasteiger partial charge in [-0.3, -0.25) is 0 Å². The number of aliphatic hydroxyl groups is 1. The Kier molecular flexibility index (Phi) is 6.48. The van der Waals surface area contributed by atoms with Crippen LogP contribution in [0.3, 0.4) is 0 Å². The monoisotopic (exact) mass is 338 g/mol. The molecule has 0 spiro atoms. The third-order valence-electron chi connectivity index (χ3n) is 5.16. The molecule has 1 aliphatic heterocycles. The van der Waals surface area contributed by atoms with Crippen molar-refractivity contribution < 1.29 is 5.11 Å². The van der Waals surface area contributed by atoms with Gasteiger partial charge < -0.3 is 15.3 Å². The third-order valence-corrected chi connectivity index (χ3v) is 5.16. The molecular formula is C22H30N2O. The SMILES string of the molecule is CC(NCCCc1ccccc1)c1ccc(N2CCC(O)CC2)cc1. The fourth-order valence-electron chi connectivity index (χ4n) is 3.47. The molecule has 0 bridgehead atoms. The zero-order chi connectivity index (χ0) is 17.5. The Morgan fingerprint density at radius 2 is 1.72 bits per heavy atom. The van der Waals surface area contributed by atoms with Crippen molar-refractivity contribution in [2.24, 2.45) is 0 Å². The number of rotatable bonds is 7. The van der Waals surface area contributed by atoms with Crippen molar-refractivity contribution in [3.63, 3.8) is 0 Å². The summed E-state index contributed by atoms with van der Waals surface area (Å²) < 4.78 is 0. The van der Waals surface area contributed by atoms with E-state index in [1.54, 1.807) is 0 Å². The van der Waals surface area contributed by atoms with Crippen LogP contribution in [0, 0.1) is 0 Å². The van der Waals surface area contributed by atoms with Crippen molar-refractivity contribution in [1.82, 2.24) is 5.32 Å². The molecule has 1 fully saturated rings. The van der Waals surface area contributed by atoms with E-state index in [1.807, 2.05) is 0 Å². The van der Waals surface area contributed by atoms with Gasteiger partial charge in [0.05, 0.1) is 6.10 Å². The van der Waals surface area contributed by atoms with Crippen molar-refractivity contribution in [2.45, 2.75) is 44.8 Å². The van der Waals surface area contributed by atoms with E-state index in [9.17, 15) is 5.11 Å². The van der Waals surface area contributed by atoms with Crippen molar-refractivity contribution in [2.75, 3.05) is 24.5 Å². The lowest BCUT2D eigenvalue weighted by atomic mass is 10.0. The van der Waals surface area contributed by atoms with Gasteiger partial charge in [-0.25, -0.2) is 0 Å². The van der Waals surface area contributed by atoms with Crippen LogP contribution in [-0.4, -0.2) is 30.8 Å². The van der Waals surface area contributed by atoms with E-state index in [4.69, 9.17) is 0 Å². The maximum absolute atomic E-state index is 9.63. The van der Waals surface area contributed by atoms with Gasteiger partial charge in [0.1, 0.15) is 0 Å². The highest BCUT2D eigenvalue weighted by Gasteiger charge is 2.17. The molecule has 3 nitrogen and oxygen atoms in total. The minimum atomic E-state index is -0.115. The van der Waals surface area contributed by atoms with E-state index in [-0.39, 0.29) is 6.10 Å². The largest absolute Gasteiger partial charge is 0.393 e. The Hall–Kier alpha value is -1.84. The first-order valence-electron chi connectivity index (χ1n) is 9.52. The lowest BCUT2D eigenvalue weighted by molar-refractivity contribution is 0.145. The number of benzene rings is 2. The lowest BCUT2D eigenvalue weighted by Gasteiger charge is -2.31. The van der Waals surface area contributed by atoms with Crippen LogP contribution in [0.15, 0.2) is 54.6 Å². The summed E-state index contributed by atoms with van der Waals surface area (Å²) in [4.78, 5) is 2.37. The highest BCUT2D eigenvalue weighted by Crippen LogP contribution is 2.22. The number of nitrogens with one attached hydrogen (secondary N) is 1. The second-order valence-electron chi connectivity index (χ2n) is 7.07. The Morgan fingerprint density at radius 3 is 2.40 bits per heavy atom. The Labute approximate surface area is 151 Å². The summed E-state index contributed by atoms with van der Waals surface area (Å²) in [6.45, 7) is 5.16. The van der Waals surface area contributed by atoms with Crippen LogP contribution in [0.4, 0.5) is 5.69 Å². The van der Waals surface area contributed by atoms with Crippen LogP contribution in [0.2, 0.25) is 0 Å². The van der Waals surface area contributed by atoms with Crippen molar-refractivity contribution in [3.8, 4) is 0 Å². The Balaban J connectivity index is 1.43. The van der Waals surface area contributed by atoms with Gasteiger partial charge in [-0.1, -0.05) is 42.5 Å². The Morgan fingerprint density at radius 1 is 1.04 bits per heavy atom. The zero-order valence-corrected chi connectivity index (χ0v) is 15.2. The smallest absolute Gasteiger partial charge is 0.0574 e. The van der Waals surface area contributed by atoms with Crippen LogP contribution in [0.1, 0.15) is 43.4 Å². The van der Waals surface area contributed by atoms with Gasteiger partial charge in [-0.05, 0) is 62.4 Å². The van der Waals surface area contributed by atoms with Crippen molar-refractivity contribution >= 4 is 5.69 Å². The van der Waals surface area contributed by atoms with E-state index in [1.165, 1.54) is 16.8 Å². The first-order chi connectivity index (χ1) is 12.2. The summed E-state index contributed by atoms with van der Waals surface area (Å²) in [6, 6.07) is 19.9. The molecule has 3 heteroatoms. The summed E-state index contributed by atoms with van der Waals surface area (Å²) >= 11 is 0. The van der Waals surface area contributed by atoms with Gasteiger partial charge in [0.2, 0.25) is 0 Å². The minimum absolute atomic E-state index is 0.115. The van der Waals surface area contributed by atoms with Crippen LogP contribution in [0.5, 0.6) is 0 Å². The number of aryl methyl sites for hydroxylation is 1. The molecule has 25 heavy (non-hydrogen) atoms. The third kappa shape index (κ3) is 5.32. The van der Waals surface area contributed by atoms with Gasteiger partial charge in [-0.15, -0.1) is 0 Å². The molecule has 2 aromatic rings. The fourth-order valence-corrected chi connectivity index (χ4v) is 3.47. The first-order valence-corrected chi connectivity index (χ1v) is 9.52. The molecule has 1 heterocycles. The number of anilines is 1. The number of aliphatic hydroxyl groups excluding tert-OH is 1. The number of piperidine rings is 1. The summed E-state index contributed by atoms with van der Waals surface area (Å²) in [6.07, 6.45) is 3.92. The van der Waals surface area contributed by atoms with Gasteiger partial charge in [0.15, 0.2) is 0 Å². The molecule has 1 unspecified atom stereocenters. The average Bonchev–Trinajstić information content (AvgIpc) is 2.67. The highest BCUT2D eigenvalue weighted by molar-refractivity contribution is 5.48. The van der Waals surface area contributed by atoms with Gasteiger partial charge in [0, 0.05) is 24.8 Å². The quantitative estimate of drug-likeness (QED) is 0.751. The summed E-state index contributed by atoms with van der Waals surface area (Å²) in [5.74, 6) is 0. The molecule has 2 aromatic carbocycles. The maximum atomic E-state index is 9.63. The first kappa shape index (κ1) is 18.0. The standard InChI is InChI=1S/C22H30N2O/c1-18(23-15-5-8-19-6-3-2-4-7-19)20-9-11-21(12-10-20)24-16-13-22(25)14-17-24/h2-4,6-7,9-12,18,22-23,25H,5,8,13-17H2,1H3. The van der Waals surface area contributed by atoms with E-state index in [2.05, 4.69) is 71.7 Å². The van der Waals surface area contributed by atoms with Crippen molar-refractivity contribution in [3.05, 3.63) is 65.7 Å². The average molecular weight is 338 g/mol. The molecule has 1 saturated heterocycles. The lowest BCUT2D eigenvalue weighted by Crippen LogP contribution is -2.35. The molecule has 134 valence electrons. The number of hydrogen-bond donors (Lipinski definition) is 2. The second kappa shape index (κ2) is 9.02. The number of nitrogens with zero attached hydrogens (tertiary/aromatic N) is 1. The summed E-state index contributed by atoms with van der Waals surface area (Å²) in [7, 11) is 0. The molecule has 0 aromatic heterocycles. The minimum Gasteiger partial charge on any atom is -0.393 e. The van der Waals surface area contributed by atoms with E-state index in [0.717, 1.165) is 45.3 Å². The Bertz CT molecular complexity index is 618. The van der Waals surface area contributed by atoms with Crippen molar-refractivity contribution in [1.29, 1.82) is 0 Å². The molecule has 0 aliphatic carbocycles. The molecule has 2 N–H and O–H groups in total. The molecule has 3 rings (SSSR count). The zero-order valence-electron chi connectivity index (χ0n) is 15.2. The van der Waals surface area contributed by atoms with E-state index >= 15 is 0 Å². The maximum Gasteiger partial charge on any atom is 0.0574 e. The molecule has 1 atom stereocenters. The van der Waals surface area contributed by atoms with Crippen LogP contribution in [-0.2, 0) is 6.42 Å². The van der Waals surface area contributed by atoms with Gasteiger partial charge in [0.25, 0.3) is 0 Å². The van der Waals surface area contributed by atoms with E-state index in [0.29, 0.717) is 6.04 Å². The fraction of sp³-hybridized carbons (Fsp3) is 0.455. The summed E-state index contributed by atoms with van der Waals surface area (Å²) in [5.41, 5.74) is 4.01. The topological polar surface area (TPSA) is 35.5 Å². The second-order valence-corrected chi connectivity index (χ2v) is 7.07. The van der Waals surface area contributed by atoms with Crippen LogP contribution in [0.25, 0.3) is 0 Å². The van der Waals surface area contributed by atoms with Gasteiger partial charge in [-0.2, -0.15) is 0 Å². The summed E-state index contributed by atoms with van der Waals surface area (Å²) in [5, 5.41) is 13.3. The number of hydrogen-bond acceptors (Lipinski definition) is 3. The molecule has 0 radical (unpaired) electrons. The molecular weight excluding hydrogens is 308 g/mol. The van der Waals surface area contributed by atoms with Gasteiger partial charge >= 0.3 is 0 Å². The van der Waals surface area contributed by atoms with Crippen LogP contribution < -0.4 is 10.2 Å². The highest BCUT2D eigenvalue weighted by atomic mass is 16.3. The normalized spacial score (nSPS) is 16.8. The van der Waals surface area contributed by atoms with E-state index < -0.39 is 0 Å². The predicted molar refractivity (Wildman–Crippen MR) is 105 cm³/mol. The molecule has 1 aliphatic rings.